The second kappa shape index (κ2) is 5.15. The van der Waals surface area contributed by atoms with Gasteiger partial charge in [0.05, 0.1) is 17.1 Å². The Morgan fingerprint density at radius 3 is 2.73 bits per heavy atom. The number of hydrogen-bond acceptors (Lipinski definition) is 3. The molecule has 7 heteroatoms. The minimum Gasteiger partial charge on any atom is -0.465 e. The van der Waals surface area contributed by atoms with E-state index in [-0.39, 0.29) is 5.56 Å². The maximum atomic E-state index is 12.5. The number of pyridine rings is 1. The van der Waals surface area contributed by atoms with Gasteiger partial charge in [0, 0.05) is 0 Å². The third kappa shape index (κ3) is 2.83. The average molecular weight is 392 g/mol. The van der Waals surface area contributed by atoms with Gasteiger partial charge in [-0.1, -0.05) is 0 Å². The molecule has 0 aliphatic carbocycles. The highest BCUT2D eigenvalue weighted by atomic mass is 127. The standard InChI is InChI=1S/C8H5BrF2INO2/c1-15-8(14)3-2-4(9)7(12)13-5(3)6(10)11/h2,6H,1H3. The number of ether oxygens (including phenoxy) is 1. The number of hydrogen-bond donors (Lipinski definition) is 0. The molecule has 0 saturated heterocycles. The Morgan fingerprint density at radius 1 is 1.67 bits per heavy atom. The van der Waals surface area contributed by atoms with Crippen LogP contribution in [0.25, 0.3) is 0 Å². The van der Waals surface area contributed by atoms with E-state index in [0.717, 1.165) is 7.11 Å². The lowest BCUT2D eigenvalue weighted by Crippen LogP contribution is -2.09. The Morgan fingerprint density at radius 2 is 2.27 bits per heavy atom. The molecule has 1 rings (SSSR count). The van der Waals surface area contributed by atoms with Gasteiger partial charge in [-0.2, -0.15) is 0 Å². The molecule has 0 aromatic carbocycles. The number of methoxy groups -OCH3 is 1. The molecule has 0 saturated carbocycles. The lowest BCUT2D eigenvalue weighted by atomic mass is 10.2. The predicted octanol–water partition coefficient (Wildman–Crippen LogP) is 3.17. The fourth-order valence-corrected chi connectivity index (χ4v) is 1.65. The second-order valence-electron chi connectivity index (χ2n) is 2.49. The highest BCUT2D eigenvalue weighted by molar-refractivity contribution is 14.1. The quantitative estimate of drug-likeness (QED) is 0.441. The summed E-state index contributed by atoms with van der Waals surface area (Å²) in [5.41, 5.74) is -0.783. The molecule has 0 N–H and O–H groups in total. The van der Waals surface area contributed by atoms with Gasteiger partial charge in [0.1, 0.15) is 9.39 Å². The number of nitrogens with zero attached hydrogens (tertiary/aromatic N) is 1. The molecular weight excluding hydrogens is 387 g/mol. The SMILES string of the molecule is COC(=O)c1cc(Br)c(I)nc1C(F)F. The van der Waals surface area contributed by atoms with Crippen LogP contribution in [-0.2, 0) is 4.74 Å². The van der Waals surface area contributed by atoms with Crippen molar-refractivity contribution in [2.45, 2.75) is 6.43 Å². The van der Waals surface area contributed by atoms with E-state index in [9.17, 15) is 13.6 Å². The van der Waals surface area contributed by atoms with Gasteiger partial charge in [-0.05, 0) is 44.6 Å². The number of aromatic nitrogens is 1. The molecule has 0 bridgehead atoms. The predicted molar refractivity (Wildman–Crippen MR) is 61.0 cm³/mol. The topological polar surface area (TPSA) is 39.2 Å². The molecule has 0 atom stereocenters. The molecule has 15 heavy (non-hydrogen) atoms. The average Bonchev–Trinajstić information content (AvgIpc) is 2.20. The highest BCUT2D eigenvalue weighted by Crippen LogP contribution is 2.27. The van der Waals surface area contributed by atoms with Crippen molar-refractivity contribution in [3.05, 3.63) is 25.5 Å². The van der Waals surface area contributed by atoms with Gasteiger partial charge < -0.3 is 4.74 Å². The minimum atomic E-state index is -2.80. The van der Waals surface area contributed by atoms with Crippen molar-refractivity contribution in [3.8, 4) is 0 Å². The van der Waals surface area contributed by atoms with Crippen molar-refractivity contribution in [3.63, 3.8) is 0 Å². The van der Waals surface area contributed by atoms with Crippen molar-refractivity contribution in [1.29, 1.82) is 0 Å². The Hall–Kier alpha value is -0.310. The number of esters is 1. The van der Waals surface area contributed by atoms with Gasteiger partial charge in [-0.25, -0.2) is 18.6 Å². The molecule has 0 amide bonds. The van der Waals surface area contributed by atoms with Crippen molar-refractivity contribution in [2.75, 3.05) is 7.11 Å². The highest BCUT2D eigenvalue weighted by Gasteiger charge is 2.22. The number of rotatable bonds is 2. The Balaban J connectivity index is 3.34. The minimum absolute atomic E-state index is 0.222. The fourth-order valence-electron chi connectivity index (χ4n) is 0.919. The summed E-state index contributed by atoms with van der Waals surface area (Å²) in [4.78, 5) is 14.8. The van der Waals surface area contributed by atoms with Crippen LogP contribution in [0.4, 0.5) is 8.78 Å². The first-order valence-electron chi connectivity index (χ1n) is 3.69. The van der Waals surface area contributed by atoms with Crippen LogP contribution in [0.15, 0.2) is 10.5 Å². The molecule has 0 aliphatic heterocycles. The van der Waals surface area contributed by atoms with Crippen LogP contribution in [0.3, 0.4) is 0 Å². The van der Waals surface area contributed by atoms with E-state index < -0.39 is 18.1 Å². The summed E-state index contributed by atoms with van der Waals surface area (Å²) in [6, 6.07) is 1.28. The summed E-state index contributed by atoms with van der Waals surface area (Å²) in [6.07, 6.45) is -2.80. The maximum absolute atomic E-state index is 12.5. The molecule has 0 aliphatic rings. The number of halogens is 4. The lowest BCUT2D eigenvalue weighted by Gasteiger charge is -2.07. The zero-order chi connectivity index (χ0) is 11.6. The molecule has 0 fully saturated rings. The van der Waals surface area contributed by atoms with Crippen molar-refractivity contribution < 1.29 is 18.3 Å². The van der Waals surface area contributed by atoms with E-state index in [0.29, 0.717) is 8.17 Å². The second-order valence-corrected chi connectivity index (χ2v) is 4.36. The Labute approximate surface area is 106 Å². The molecular formula is C8H5BrF2INO2. The smallest absolute Gasteiger partial charge is 0.339 e. The van der Waals surface area contributed by atoms with Crippen LogP contribution < -0.4 is 0 Å². The lowest BCUT2D eigenvalue weighted by molar-refractivity contribution is 0.0587. The van der Waals surface area contributed by atoms with Gasteiger partial charge in [0.2, 0.25) is 0 Å². The summed E-state index contributed by atoms with van der Waals surface area (Å²) in [6.45, 7) is 0. The first-order valence-corrected chi connectivity index (χ1v) is 5.57. The summed E-state index contributed by atoms with van der Waals surface area (Å²) >= 11 is 4.90. The summed E-state index contributed by atoms with van der Waals surface area (Å²) in [5, 5.41) is 0. The molecule has 1 heterocycles. The normalized spacial score (nSPS) is 10.5. The van der Waals surface area contributed by atoms with Crippen molar-refractivity contribution in [1.82, 2.24) is 4.98 Å². The van der Waals surface area contributed by atoms with E-state index >= 15 is 0 Å². The zero-order valence-electron chi connectivity index (χ0n) is 7.43. The first-order chi connectivity index (χ1) is 6.97. The van der Waals surface area contributed by atoms with E-state index in [1.165, 1.54) is 6.07 Å². The Kier molecular flexibility index (Phi) is 4.38. The molecule has 3 nitrogen and oxygen atoms in total. The van der Waals surface area contributed by atoms with Crippen molar-refractivity contribution in [2.24, 2.45) is 0 Å². The van der Waals surface area contributed by atoms with Gasteiger partial charge in [0.25, 0.3) is 6.43 Å². The summed E-state index contributed by atoms with van der Waals surface area (Å²) in [7, 11) is 1.13. The van der Waals surface area contributed by atoms with E-state index in [1.54, 1.807) is 22.6 Å². The fraction of sp³-hybridized carbons (Fsp3) is 0.250. The Bertz CT molecular complexity index is 400. The van der Waals surface area contributed by atoms with Gasteiger partial charge in [0.15, 0.2) is 0 Å². The van der Waals surface area contributed by atoms with Crippen LogP contribution in [0.2, 0.25) is 0 Å². The molecule has 0 spiro atoms. The molecule has 0 unspecified atom stereocenters. The number of carbonyl (C=O) groups excluding carboxylic acids is 1. The summed E-state index contributed by atoms with van der Waals surface area (Å²) in [5.74, 6) is -0.824. The molecule has 1 aromatic heterocycles. The number of carbonyl (C=O) groups is 1. The molecule has 82 valence electrons. The van der Waals surface area contributed by atoms with E-state index in [1.807, 2.05) is 0 Å². The van der Waals surface area contributed by atoms with E-state index in [2.05, 4.69) is 25.7 Å². The zero-order valence-corrected chi connectivity index (χ0v) is 11.2. The van der Waals surface area contributed by atoms with Gasteiger partial charge in [-0.3, -0.25) is 0 Å². The number of alkyl halides is 2. The van der Waals surface area contributed by atoms with Crippen LogP contribution in [-0.4, -0.2) is 18.1 Å². The van der Waals surface area contributed by atoms with Crippen LogP contribution in [0.5, 0.6) is 0 Å². The maximum Gasteiger partial charge on any atom is 0.339 e. The van der Waals surface area contributed by atoms with Crippen LogP contribution in [0, 0.1) is 3.70 Å². The van der Waals surface area contributed by atoms with E-state index in [4.69, 9.17) is 0 Å². The van der Waals surface area contributed by atoms with Gasteiger partial charge >= 0.3 is 5.97 Å². The summed E-state index contributed by atoms with van der Waals surface area (Å²) < 4.78 is 30.3. The largest absolute Gasteiger partial charge is 0.465 e. The third-order valence-corrected chi connectivity index (χ3v) is 3.74. The molecule has 0 radical (unpaired) electrons. The molecule has 1 aromatic rings. The van der Waals surface area contributed by atoms with Crippen LogP contribution in [0.1, 0.15) is 22.5 Å². The van der Waals surface area contributed by atoms with Crippen LogP contribution >= 0.6 is 38.5 Å². The van der Waals surface area contributed by atoms with Crippen molar-refractivity contribution >= 4 is 44.5 Å². The van der Waals surface area contributed by atoms with Gasteiger partial charge in [-0.15, -0.1) is 0 Å². The third-order valence-electron chi connectivity index (χ3n) is 1.57. The first kappa shape index (κ1) is 12.8. The monoisotopic (exact) mass is 391 g/mol.